The molecule has 0 saturated heterocycles. The number of phenolic OH excluding ortho intramolecular Hbond substituents is 2. The molecule has 8 heteroatoms. The van der Waals surface area contributed by atoms with E-state index in [0.717, 1.165) is 11.6 Å². The van der Waals surface area contributed by atoms with Crippen LogP contribution in [0.3, 0.4) is 0 Å². The molecule has 0 amide bonds. The molecule has 0 spiro atoms. The summed E-state index contributed by atoms with van der Waals surface area (Å²) in [6, 6.07) is 10.4. The van der Waals surface area contributed by atoms with Crippen molar-refractivity contribution in [3.05, 3.63) is 53.6 Å². The van der Waals surface area contributed by atoms with E-state index in [0.29, 0.717) is 12.8 Å². The summed E-state index contributed by atoms with van der Waals surface area (Å²) in [7, 11) is -4.56. The van der Waals surface area contributed by atoms with Crippen molar-refractivity contribution in [3.63, 3.8) is 0 Å². The molecule has 2 aromatic rings. The molecule has 2 aromatic carbocycles. The highest BCUT2D eigenvalue weighted by Crippen LogP contribution is 2.40. The minimum Gasteiger partial charge on any atom is -0.508 e. The molecule has 0 aliphatic carbocycles. The topological polar surface area (TPSA) is 130 Å². The van der Waals surface area contributed by atoms with Crippen LogP contribution in [0.2, 0.25) is 0 Å². The van der Waals surface area contributed by atoms with Gasteiger partial charge >= 0.3 is 7.75 Å². The van der Waals surface area contributed by atoms with Gasteiger partial charge in [-0.15, -0.1) is 0 Å². The van der Waals surface area contributed by atoms with Gasteiger partial charge in [-0.3, -0.25) is 5.09 Å². The van der Waals surface area contributed by atoms with Gasteiger partial charge in [-0.05, 0) is 36.6 Å². The first kappa shape index (κ1) is 17.3. The zero-order valence-electron chi connectivity index (χ0n) is 12.1. The average Bonchev–Trinajstić information content (AvgIpc) is 2.45. The number of aromatic hydroxyl groups is 2. The Morgan fingerprint density at radius 3 is 2.22 bits per heavy atom. The largest absolute Gasteiger partial charge is 0.508 e. The van der Waals surface area contributed by atoms with E-state index in [1.807, 2.05) is 5.09 Å². The molecule has 0 heterocycles. The van der Waals surface area contributed by atoms with E-state index in [2.05, 4.69) is 0 Å². The molecule has 23 heavy (non-hydrogen) atoms. The molecule has 0 aromatic heterocycles. The summed E-state index contributed by atoms with van der Waals surface area (Å²) in [4.78, 5) is 18.0. The predicted octanol–water partition coefficient (Wildman–Crippen LogP) is 2.27. The third-order valence-electron chi connectivity index (χ3n) is 3.30. The minimum atomic E-state index is -4.56. The fourth-order valence-corrected chi connectivity index (χ4v) is 2.72. The molecule has 0 bridgehead atoms. The summed E-state index contributed by atoms with van der Waals surface area (Å²) in [5.41, 5.74) is 1.17. The Kier molecular flexibility index (Phi) is 5.28. The average molecular weight is 339 g/mol. The Morgan fingerprint density at radius 2 is 1.61 bits per heavy atom. The number of aryl methyl sites for hydroxylation is 1. The zero-order valence-corrected chi connectivity index (χ0v) is 13.0. The van der Waals surface area contributed by atoms with E-state index in [9.17, 15) is 19.9 Å². The molecule has 1 unspecified atom stereocenters. The highest BCUT2D eigenvalue weighted by molar-refractivity contribution is 7.53. The summed E-state index contributed by atoms with van der Waals surface area (Å²) in [5.74, 6) is -0.0172. The minimum absolute atomic E-state index is 0.0171. The number of hydrogen-bond acceptors (Lipinski definition) is 4. The van der Waals surface area contributed by atoms with Crippen molar-refractivity contribution in [2.75, 3.05) is 5.09 Å². The number of benzene rings is 2. The van der Waals surface area contributed by atoms with Crippen LogP contribution in [0.15, 0.2) is 42.5 Å². The van der Waals surface area contributed by atoms with Gasteiger partial charge in [-0.25, -0.2) is 4.57 Å². The van der Waals surface area contributed by atoms with Gasteiger partial charge in [0.1, 0.15) is 11.5 Å². The second kappa shape index (κ2) is 7.02. The highest BCUT2D eigenvalue weighted by atomic mass is 31.2. The van der Waals surface area contributed by atoms with Gasteiger partial charge in [0.2, 0.25) is 0 Å². The summed E-state index contributed by atoms with van der Waals surface area (Å²) < 4.78 is 11.1. The maximum absolute atomic E-state index is 11.1. The Morgan fingerprint density at radius 1 is 1.00 bits per heavy atom. The molecule has 0 fully saturated rings. The summed E-state index contributed by atoms with van der Waals surface area (Å²) in [6.45, 7) is 0. The number of phenols is 2. The van der Waals surface area contributed by atoms with Gasteiger partial charge in [0.25, 0.3) is 0 Å². The Hall–Kier alpha value is -2.05. The van der Waals surface area contributed by atoms with E-state index in [1.54, 1.807) is 24.3 Å². The molecule has 0 saturated carbocycles. The van der Waals surface area contributed by atoms with Crippen LogP contribution >= 0.6 is 7.75 Å². The van der Waals surface area contributed by atoms with Crippen molar-refractivity contribution in [2.45, 2.75) is 18.9 Å². The maximum atomic E-state index is 11.1. The van der Waals surface area contributed by atoms with E-state index in [1.165, 1.54) is 12.1 Å². The smallest absolute Gasteiger partial charge is 0.427 e. The van der Waals surface area contributed by atoms with Crippen LogP contribution in [-0.4, -0.2) is 25.1 Å². The number of rotatable bonds is 6. The summed E-state index contributed by atoms with van der Waals surface area (Å²) in [5, 5.41) is 31.0. The van der Waals surface area contributed by atoms with Crippen LogP contribution in [-0.2, 0) is 11.0 Å². The van der Waals surface area contributed by atoms with Crippen LogP contribution in [0.25, 0.3) is 0 Å². The van der Waals surface area contributed by atoms with E-state index >= 15 is 0 Å². The lowest BCUT2D eigenvalue weighted by Gasteiger charge is -2.17. The first-order valence-electron chi connectivity index (χ1n) is 6.87. The number of hydrogen-bond donors (Lipinski definition) is 6. The van der Waals surface area contributed by atoms with Crippen molar-refractivity contribution in [1.82, 2.24) is 0 Å². The summed E-state index contributed by atoms with van der Waals surface area (Å²) >= 11 is 0. The van der Waals surface area contributed by atoms with Crippen LogP contribution < -0.4 is 5.09 Å². The second-order valence-electron chi connectivity index (χ2n) is 5.15. The maximum Gasteiger partial charge on any atom is 0.427 e. The molecular weight excluding hydrogens is 321 g/mol. The fourth-order valence-electron chi connectivity index (χ4n) is 2.21. The van der Waals surface area contributed by atoms with Crippen LogP contribution in [0.5, 0.6) is 11.5 Å². The third kappa shape index (κ3) is 5.26. The van der Waals surface area contributed by atoms with Gasteiger partial charge in [0.05, 0.1) is 11.8 Å². The lowest BCUT2D eigenvalue weighted by molar-refractivity contribution is 0.168. The fraction of sp³-hybridized carbons (Fsp3) is 0.200. The Labute approximate surface area is 133 Å². The van der Waals surface area contributed by atoms with Crippen molar-refractivity contribution in [3.8, 4) is 11.5 Å². The van der Waals surface area contributed by atoms with E-state index in [-0.39, 0.29) is 22.7 Å². The molecule has 0 radical (unpaired) electrons. The number of nitrogens with one attached hydrogen (secondary N) is 1. The monoisotopic (exact) mass is 339 g/mol. The molecule has 7 nitrogen and oxygen atoms in total. The van der Waals surface area contributed by atoms with Gasteiger partial charge in [-0.2, -0.15) is 0 Å². The molecular formula is C15H18NO6P. The molecule has 1 atom stereocenters. The van der Waals surface area contributed by atoms with Gasteiger partial charge < -0.3 is 25.1 Å². The number of aliphatic hydroxyl groups excluding tert-OH is 1. The van der Waals surface area contributed by atoms with E-state index < -0.39 is 13.9 Å². The SMILES string of the molecule is O=P(O)(O)Nc1cc(O)ccc1C(O)CCc1ccc(O)cc1. The number of anilines is 1. The lowest BCUT2D eigenvalue weighted by Crippen LogP contribution is -2.05. The van der Waals surface area contributed by atoms with E-state index in [4.69, 9.17) is 9.79 Å². The molecule has 0 aliphatic rings. The zero-order chi connectivity index (χ0) is 17.0. The molecule has 0 aliphatic heterocycles. The first-order chi connectivity index (χ1) is 10.7. The van der Waals surface area contributed by atoms with Crippen molar-refractivity contribution < 1.29 is 29.7 Å². The summed E-state index contributed by atoms with van der Waals surface area (Å²) in [6.07, 6.45) is -0.151. The van der Waals surface area contributed by atoms with Gasteiger partial charge in [-0.1, -0.05) is 18.2 Å². The first-order valence-corrected chi connectivity index (χ1v) is 8.48. The van der Waals surface area contributed by atoms with Crippen LogP contribution in [0.4, 0.5) is 5.69 Å². The van der Waals surface area contributed by atoms with Crippen LogP contribution in [0, 0.1) is 0 Å². The quantitative estimate of drug-likeness (QED) is 0.445. The van der Waals surface area contributed by atoms with Gasteiger partial charge in [0, 0.05) is 11.6 Å². The van der Waals surface area contributed by atoms with Crippen LogP contribution in [0.1, 0.15) is 23.7 Å². The van der Waals surface area contributed by atoms with Crippen molar-refractivity contribution in [2.24, 2.45) is 0 Å². The molecule has 2 rings (SSSR count). The predicted molar refractivity (Wildman–Crippen MR) is 85.2 cm³/mol. The Bertz CT molecular complexity index is 712. The standard InChI is InChI=1S/C15H18NO6P/c17-11-4-1-10(2-5-11)3-8-15(19)13-7-6-12(18)9-14(13)16-23(20,21)22/h1-2,4-7,9,15,17-19H,3,8H2,(H3,16,20,21,22). The Balaban J connectivity index is 2.13. The highest BCUT2D eigenvalue weighted by Gasteiger charge is 2.19. The van der Waals surface area contributed by atoms with Crippen molar-refractivity contribution >= 4 is 13.4 Å². The lowest BCUT2D eigenvalue weighted by atomic mass is 10.00. The molecule has 124 valence electrons. The molecule has 6 N–H and O–H groups in total. The second-order valence-corrected chi connectivity index (χ2v) is 6.46. The normalized spacial score (nSPS) is 12.8. The third-order valence-corrected chi connectivity index (χ3v) is 3.84. The number of aliphatic hydroxyl groups is 1. The van der Waals surface area contributed by atoms with Gasteiger partial charge in [0.15, 0.2) is 0 Å². The van der Waals surface area contributed by atoms with Crippen molar-refractivity contribution in [1.29, 1.82) is 0 Å².